The second kappa shape index (κ2) is 6.02. The van der Waals surface area contributed by atoms with Crippen LogP contribution in [-0.4, -0.2) is 20.2 Å². The topological polar surface area (TPSA) is 0 Å². The van der Waals surface area contributed by atoms with Crippen LogP contribution >= 0.6 is 35.0 Å². The van der Waals surface area contributed by atoms with Crippen molar-refractivity contribution in [1.82, 2.24) is 0 Å². The van der Waals surface area contributed by atoms with E-state index in [4.69, 9.17) is 23.2 Å². The van der Waals surface area contributed by atoms with Gasteiger partial charge in [-0.25, -0.2) is 0 Å². The van der Waals surface area contributed by atoms with Crippen molar-refractivity contribution in [3.8, 4) is 0 Å². The van der Waals surface area contributed by atoms with Crippen LogP contribution in [0.2, 0.25) is 0 Å². The quantitative estimate of drug-likeness (QED) is 0.590. The van der Waals surface area contributed by atoms with Crippen LogP contribution in [0.1, 0.15) is 54.4 Å². The monoisotopic (exact) mass is 270 g/mol. The Bertz CT molecular complexity index is 159. The highest BCUT2D eigenvalue weighted by molar-refractivity contribution is 8.00. The van der Waals surface area contributed by atoms with Crippen LogP contribution in [0, 0.1) is 0 Å². The number of thioether (sulfide) groups is 1. The average Bonchev–Trinajstić information content (AvgIpc) is 1.73. The standard InChI is InChI=1S/C12H24Cl2S/c1-9(7-11(3,4)13)15-10(2)8-12(5,6)14/h9-10H,7-8H2,1-6H3. The molecule has 0 saturated heterocycles. The van der Waals surface area contributed by atoms with E-state index in [9.17, 15) is 0 Å². The van der Waals surface area contributed by atoms with Crippen molar-refractivity contribution >= 4 is 35.0 Å². The number of hydrogen-bond acceptors (Lipinski definition) is 1. The first-order valence-electron chi connectivity index (χ1n) is 5.53. The Morgan fingerprint density at radius 3 is 1.33 bits per heavy atom. The summed E-state index contributed by atoms with van der Waals surface area (Å²) in [6.07, 6.45) is 2.07. The van der Waals surface area contributed by atoms with E-state index >= 15 is 0 Å². The van der Waals surface area contributed by atoms with E-state index in [-0.39, 0.29) is 9.75 Å². The van der Waals surface area contributed by atoms with Gasteiger partial charge in [-0.3, -0.25) is 0 Å². The molecule has 0 aromatic heterocycles. The van der Waals surface area contributed by atoms with Gasteiger partial charge >= 0.3 is 0 Å². The summed E-state index contributed by atoms with van der Waals surface area (Å²) in [6.45, 7) is 12.8. The summed E-state index contributed by atoms with van der Waals surface area (Å²) in [4.78, 5) is -0.189. The zero-order valence-corrected chi connectivity index (χ0v) is 13.1. The molecule has 0 spiro atoms. The second-order valence-electron chi connectivity index (χ2n) is 5.60. The van der Waals surface area contributed by atoms with E-state index < -0.39 is 0 Å². The van der Waals surface area contributed by atoms with Gasteiger partial charge in [-0.2, -0.15) is 11.8 Å². The molecule has 15 heavy (non-hydrogen) atoms. The van der Waals surface area contributed by atoms with E-state index in [2.05, 4.69) is 41.5 Å². The normalized spacial score (nSPS) is 17.6. The van der Waals surface area contributed by atoms with Crippen molar-refractivity contribution in [2.45, 2.75) is 74.6 Å². The molecular weight excluding hydrogens is 247 g/mol. The Labute approximate surface area is 109 Å². The van der Waals surface area contributed by atoms with Gasteiger partial charge in [-0.15, -0.1) is 23.2 Å². The van der Waals surface area contributed by atoms with Gasteiger partial charge in [0.15, 0.2) is 0 Å². The predicted octanol–water partition coefficient (Wildman–Crippen LogP) is 5.31. The molecule has 0 aromatic carbocycles. The molecule has 92 valence electrons. The third-order valence-corrected chi connectivity index (χ3v) is 3.58. The van der Waals surface area contributed by atoms with Crippen LogP contribution in [0.25, 0.3) is 0 Å². The molecular formula is C12H24Cl2S. The van der Waals surface area contributed by atoms with Gasteiger partial charge in [-0.1, -0.05) is 13.8 Å². The van der Waals surface area contributed by atoms with Crippen LogP contribution in [0.5, 0.6) is 0 Å². The maximum absolute atomic E-state index is 6.21. The van der Waals surface area contributed by atoms with Crippen molar-refractivity contribution in [2.75, 3.05) is 0 Å². The summed E-state index contributed by atoms with van der Waals surface area (Å²) in [5.41, 5.74) is 0. The van der Waals surface area contributed by atoms with Crippen molar-refractivity contribution in [3.63, 3.8) is 0 Å². The SMILES string of the molecule is CC(CC(C)(C)Cl)SC(C)CC(C)(C)Cl. The van der Waals surface area contributed by atoms with Gasteiger partial charge in [0, 0.05) is 20.2 Å². The number of alkyl halides is 2. The maximum Gasteiger partial charge on any atom is 0.0401 e. The van der Waals surface area contributed by atoms with Crippen LogP contribution in [0.15, 0.2) is 0 Å². The Morgan fingerprint density at radius 2 is 1.13 bits per heavy atom. The fourth-order valence-electron chi connectivity index (χ4n) is 1.86. The van der Waals surface area contributed by atoms with Crippen molar-refractivity contribution in [1.29, 1.82) is 0 Å². The van der Waals surface area contributed by atoms with E-state index in [1.54, 1.807) is 0 Å². The summed E-state index contributed by atoms with van der Waals surface area (Å²) in [5, 5.41) is 1.18. The largest absolute Gasteiger partial charge is 0.156 e. The van der Waals surface area contributed by atoms with Gasteiger partial charge in [0.25, 0.3) is 0 Å². The van der Waals surface area contributed by atoms with E-state index in [1.165, 1.54) is 0 Å². The minimum atomic E-state index is -0.0946. The molecule has 0 heterocycles. The smallest absolute Gasteiger partial charge is 0.0401 e. The number of rotatable bonds is 6. The number of halogens is 2. The summed E-state index contributed by atoms with van der Waals surface area (Å²) in [5.74, 6) is 0. The van der Waals surface area contributed by atoms with E-state index in [1.807, 2.05) is 11.8 Å². The molecule has 0 fully saturated rings. The third-order valence-electron chi connectivity index (χ3n) is 2.01. The summed E-state index contributed by atoms with van der Waals surface area (Å²) in [7, 11) is 0. The molecule has 0 nitrogen and oxygen atoms in total. The molecule has 0 rings (SSSR count). The summed E-state index contributed by atoms with van der Waals surface area (Å²) >= 11 is 14.4. The molecule has 2 atom stereocenters. The second-order valence-corrected chi connectivity index (χ2v) is 9.53. The van der Waals surface area contributed by atoms with E-state index in [0.29, 0.717) is 10.5 Å². The lowest BCUT2D eigenvalue weighted by molar-refractivity contribution is 0.607. The molecule has 0 amide bonds. The zero-order valence-electron chi connectivity index (χ0n) is 10.7. The lowest BCUT2D eigenvalue weighted by Gasteiger charge is -2.26. The highest BCUT2D eigenvalue weighted by Crippen LogP contribution is 2.33. The first-order chi connectivity index (χ1) is 6.49. The fraction of sp³-hybridized carbons (Fsp3) is 1.00. The van der Waals surface area contributed by atoms with Crippen molar-refractivity contribution < 1.29 is 0 Å². The fourth-order valence-corrected chi connectivity index (χ4v) is 4.32. The highest BCUT2D eigenvalue weighted by Gasteiger charge is 2.23. The van der Waals surface area contributed by atoms with Crippen LogP contribution in [0.4, 0.5) is 0 Å². The Kier molecular flexibility index (Phi) is 6.40. The minimum absolute atomic E-state index is 0.0946. The molecule has 0 aliphatic heterocycles. The van der Waals surface area contributed by atoms with Crippen LogP contribution < -0.4 is 0 Å². The predicted molar refractivity (Wildman–Crippen MR) is 75.6 cm³/mol. The Balaban J connectivity index is 3.92. The van der Waals surface area contributed by atoms with Crippen LogP contribution in [-0.2, 0) is 0 Å². The van der Waals surface area contributed by atoms with Crippen molar-refractivity contribution in [3.05, 3.63) is 0 Å². The van der Waals surface area contributed by atoms with Gasteiger partial charge in [0.1, 0.15) is 0 Å². The molecule has 0 N–H and O–H groups in total. The van der Waals surface area contributed by atoms with Crippen molar-refractivity contribution in [2.24, 2.45) is 0 Å². The summed E-state index contributed by atoms with van der Waals surface area (Å²) < 4.78 is 0. The Morgan fingerprint density at radius 1 is 0.867 bits per heavy atom. The molecule has 0 radical (unpaired) electrons. The third kappa shape index (κ3) is 11.2. The molecule has 0 bridgehead atoms. The minimum Gasteiger partial charge on any atom is -0.156 e. The van der Waals surface area contributed by atoms with Crippen LogP contribution in [0.3, 0.4) is 0 Å². The van der Waals surface area contributed by atoms with Gasteiger partial charge in [0.05, 0.1) is 0 Å². The number of hydrogen-bond donors (Lipinski definition) is 0. The lowest BCUT2D eigenvalue weighted by Crippen LogP contribution is -2.21. The first kappa shape index (κ1) is 15.9. The Hall–Kier alpha value is 0.930. The molecule has 0 aliphatic carbocycles. The zero-order chi connectivity index (χ0) is 12.3. The molecule has 2 unspecified atom stereocenters. The van der Waals surface area contributed by atoms with Gasteiger partial charge < -0.3 is 0 Å². The average molecular weight is 271 g/mol. The van der Waals surface area contributed by atoms with E-state index in [0.717, 1.165) is 12.8 Å². The highest BCUT2D eigenvalue weighted by atomic mass is 35.5. The molecule has 3 heteroatoms. The molecule has 0 aliphatic rings. The maximum atomic E-state index is 6.21. The van der Waals surface area contributed by atoms with Gasteiger partial charge in [0.2, 0.25) is 0 Å². The van der Waals surface area contributed by atoms with Gasteiger partial charge in [-0.05, 0) is 40.5 Å². The lowest BCUT2D eigenvalue weighted by atomic mass is 10.1. The summed E-state index contributed by atoms with van der Waals surface area (Å²) in [6, 6.07) is 0. The first-order valence-corrected chi connectivity index (χ1v) is 7.23. The molecule has 0 aromatic rings. The molecule has 0 saturated carbocycles.